The van der Waals surface area contributed by atoms with Crippen molar-refractivity contribution >= 4 is 14.1 Å². The monoisotopic (exact) mass is 391 g/mol. The van der Waals surface area contributed by atoms with Gasteiger partial charge in [-0.1, -0.05) is 26.2 Å². The Balaban J connectivity index is 2.21. The third-order valence-electron chi connectivity index (χ3n) is 4.14. The fourth-order valence-corrected chi connectivity index (χ4v) is 3.40. The number of aromatic nitrogens is 2. The summed E-state index contributed by atoms with van der Waals surface area (Å²) in [5, 5.41) is 9.53. The number of rotatable bonds is 10. The van der Waals surface area contributed by atoms with Crippen LogP contribution in [0, 0.1) is 0 Å². The molecule has 2 rings (SSSR count). The molecular formula is C15H26N3O7P. The van der Waals surface area contributed by atoms with Crippen LogP contribution >= 0.6 is 8.25 Å². The summed E-state index contributed by atoms with van der Waals surface area (Å²) in [4.78, 5) is 25.0. The van der Waals surface area contributed by atoms with E-state index in [2.05, 4.69) is 11.9 Å². The summed E-state index contributed by atoms with van der Waals surface area (Å²) in [7, 11) is -3.30. The highest BCUT2D eigenvalue weighted by atomic mass is 31.1. The average molecular weight is 391 g/mol. The zero-order valence-electron chi connectivity index (χ0n) is 14.6. The van der Waals surface area contributed by atoms with Gasteiger partial charge in [-0.3, -0.25) is 9.13 Å². The number of nitrogens with zero attached hydrogens (tertiary/aromatic N) is 2. The summed E-state index contributed by atoms with van der Waals surface area (Å²) >= 11 is 0. The normalized spacial score (nSPS) is 26.9. The number of hydrogen-bond donors (Lipinski definition) is 3. The number of hydrogen-bond acceptors (Lipinski definition) is 8. The van der Waals surface area contributed by atoms with Crippen molar-refractivity contribution < 1.29 is 28.6 Å². The molecule has 1 saturated heterocycles. The lowest BCUT2D eigenvalue weighted by Gasteiger charge is -2.24. The highest BCUT2D eigenvalue weighted by Gasteiger charge is 2.48. The SMILES string of the molecule is CCCCCCOC1C(O[PH](=O)O)C(CO)OC1n1ccc(N)nc1=O. The summed E-state index contributed by atoms with van der Waals surface area (Å²) in [6.45, 7) is 2.01. The van der Waals surface area contributed by atoms with Crippen LogP contribution in [0.4, 0.5) is 5.82 Å². The van der Waals surface area contributed by atoms with Crippen molar-refractivity contribution in [2.75, 3.05) is 18.9 Å². The predicted octanol–water partition coefficient (Wildman–Crippen LogP) is 0.448. The van der Waals surface area contributed by atoms with E-state index in [0.29, 0.717) is 6.61 Å². The van der Waals surface area contributed by atoms with Crippen molar-refractivity contribution in [3.63, 3.8) is 0 Å². The van der Waals surface area contributed by atoms with Crippen LogP contribution in [0.15, 0.2) is 17.1 Å². The van der Waals surface area contributed by atoms with E-state index in [1.807, 2.05) is 0 Å². The molecule has 1 aliphatic rings. The largest absolute Gasteiger partial charge is 0.394 e. The molecule has 148 valence electrons. The van der Waals surface area contributed by atoms with Gasteiger partial charge in [-0.05, 0) is 12.5 Å². The van der Waals surface area contributed by atoms with Crippen molar-refractivity contribution in [3.05, 3.63) is 22.7 Å². The molecule has 26 heavy (non-hydrogen) atoms. The van der Waals surface area contributed by atoms with E-state index in [1.165, 1.54) is 16.8 Å². The minimum absolute atomic E-state index is 0.0631. The van der Waals surface area contributed by atoms with Crippen molar-refractivity contribution in [1.82, 2.24) is 9.55 Å². The Morgan fingerprint density at radius 3 is 2.77 bits per heavy atom. The molecule has 1 aromatic rings. The van der Waals surface area contributed by atoms with Crippen LogP contribution in [-0.2, 0) is 18.6 Å². The Hall–Kier alpha value is -1.29. The molecule has 0 bridgehead atoms. The smallest absolute Gasteiger partial charge is 0.351 e. The number of anilines is 1. The van der Waals surface area contributed by atoms with E-state index in [0.717, 1.165) is 25.7 Å². The first-order chi connectivity index (χ1) is 12.5. The van der Waals surface area contributed by atoms with Gasteiger partial charge in [0.1, 0.15) is 24.1 Å². The van der Waals surface area contributed by atoms with Gasteiger partial charge in [-0.2, -0.15) is 4.98 Å². The molecule has 0 aromatic carbocycles. The number of ether oxygens (including phenoxy) is 2. The Labute approximate surface area is 151 Å². The van der Waals surface area contributed by atoms with Gasteiger partial charge in [-0.25, -0.2) is 4.79 Å². The van der Waals surface area contributed by atoms with E-state index in [1.54, 1.807) is 0 Å². The van der Waals surface area contributed by atoms with Gasteiger partial charge < -0.3 is 29.7 Å². The van der Waals surface area contributed by atoms with Crippen LogP contribution < -0.4 is 11.4 Å². The average Bonchev–Trinajstić information content (AvgIpc) is 2.91. The third-order valence-corrected chi connectivity index (χ3v) is 4.61. The van der Waals surface area contributed by atoms with Crippen LogP contribution in [0.2, 0.25) is 0 Å². The summed E-state index contributed by atoms with van der Waals surface area (Å²) in [6, 6.07) is 1.43. The molecule has 5 unspecified atom stereocenters. The van der Waals surface area contributed by atoms with Crippen LogP contribution in [-0.4, -0.2) is 51.1 Å². The minimum Gasteiger partial charge on any atom is -0.394 e. The Morgan fingerprint density at radius 2 is 2.15 bits per heavy atom. The standard InChI is InChI=1S/C15H26N3O7P/c1-2-3-4-5-8-23-13-12(25-26(21)22)10(9-19)24-14(13)18-7-6-11(16)17-15(18)20/h6-7,10,12-14,19,26H,2-5,8-9H2,1H3,(H,21,22)(H2,16,17,20). The summed E-state index contributed by atoms with van der Waals surface area (Å²) < 4.78 is 28.9. The maximum Gasteiger partial charge on any atom is 0.351 e. The first-order valence-corrected chi connectivity index (χ1v) is 9.86. The van der Waals surface area contributed by atoms with Gasteiger partial charge in [0.05, 0.1) is 6.61 Å². The lowest BCUT2D eigenvalue weighted by Crippen LogP contribution is -2.39. The molecule has 11 heteroatoms. The quantitative estimate of drug-likeness (QED) is 0.382. The van der Waals surface area contributed by atoms with Gasteiger partial charge in [0.25, 0.3) is 0 Å². The lowest BCUT2D eigenvalue weighted by atomic mass is 10.1. The maximum absolute atomic E-state index is 12.1. The molecule has 1 aromatic heterocycles. The number of nitrogens with two attached hydrogens (primary N) is 1. The number of aliphatic hydroxyl groups is 1. The summed E-state index contributed by atoms with van der Waals surface area (Å²) in [6.07, 6.45) is 1.61. The topological polar surface area (TPSA) is 146 Å². The van der Waals surface area contributed by atoms with E-state index in [4.69, 9.17) is 24.6 Å². The number of unbranched alkanes of at least 4 members (excludes halogenated alkanes) is 3. The van der Waals surface area contributed by atoms with Crippen LogP contribution in [0.3, 0.4) is 0 Å². The van der Waals surface area contributed by atoms with Crippen molar-refractivity contribution in [3.8, 4) is 0 Å². The molecule has 0 saturated carbocycles. The van der Waals surface area contributed by atoms with E-state index in [9.17, 15) is 14.5 Å². The molecule has 1 fully saturated rings. The lowest BCUT2D eigenvalue weighted by molar-refractivity contribution is -0.0743. The van der Waals surface area contributed by atoms with Gasteiger partial charge in [0.2, 0.25) is 0 Å². The zero-order chi connectivity index (χ0) is 19.1. The summed E-state index contributed by atoms with van der Waals surface area (Å²) in [5.41, 5.74) is 4.85. The Morgan fingerprint density at radius 1 is 1.38 bits per heavy atom. The van der Waals surface area contributed by atoms with Crippen LogP contribution in [0.5, 0.6) is 0 Å². The van der Waals surface area contributed by atoms with Gasteiger partial charge in [0.15, 0.2) is 6.23 Å². The second-order valence-electron chi connectivity index (χ2n) is 6.03. The van der Waals surface area contributed by atoms with Gasteiger partial charge in [0, 0.05) is 12.8 Å². The Bertz CT molecular complexity index is 656. The van der Waals surface area contributed by atoms with E-state index in [-0.39, 0.29) is 5.82 Å². The van der Waals surface area contributed by atoms with Crippen molar-refractivity contribution in [2.45, 2.75) is 57.1 Å². The molecule has 4 N–H and O–H groups in total. The molecule has 0 radical (unpaired) electrons. The second-order valence-corrected chi connectivity index (χ2v) is 6.80. The molecule has 2 heterocycles. The van der Waals surface area contributed by atoms with E-state index < -0.39 is 45.1 Å². The van der Waals surface area contributed by atoms with Gasteiger partial charge >= 0.3 is 13.9 Å². The van der Waals surface area contributed by atoms with Crippen molar-refractivity contribution in [1.29, 1.82) is 0 Å². The maximum atomic E-state index is 12.1. The first-order valence-electron chi connectivity index (χ1n) is 8.60. The molecule has 0 amide bonds. The van der Waals surface area contributed by atoms with Crippen molar-refractivity contribution in [2.24, 2.45) is 0 Å². The fraction of sp³-hybridized carbons (Fsp3) is 0.733. The zero-order valence-corrected chi connectivity index (χ0v) is 15.6. The number of nitrogen functional groups attached to an aromatic ring is 1. The summed E-state index contributed by atoms with van der Waals surface area (Å²) in [5.74, 6) is 0.0631. The third kappa shape index (κ3) is 5.35. The highest BCUT2D eigenvalue weighted by Crippen LogP contribution is 2.37. The fourth-order valence-electron chi connectivity index (χ4n) is 2.88. The minimum atomic E-state index is -3.30. The van der Waals surface area contributed by atoms with Crippen LogP contribution in [0.25, 0.3) is 0 Å². The van der Waals surface area contributed by atoms with Crippen LogP contribution in [0.1, 0.15) is 38.8 Å². The molecule has 10 nitrogen and oxygen atoms in total. The van der Waals surface area contributed by atoms with E-state index >= 15 is 0 Å². The molecule has 0 aliphatic carbocycles. The highest BCUT2D eigenvalue weighted by molar-refractivity contribution is 7.32. The molecule has 0 spiro atoms. The molecule has 5 atom stereocenters. The number of aliphatic hydroxyl groups excluding tert-OH is 1. The molecular weight excluding hydrogens is 365 g/mol. The predicted molar refractivity (Wildman–Crippen MR) is 93.9 cm³/mol. The van der Waals surface area contributed by atoms with Gasteiger partial charge in [-0.15, -0.1) is 0 Å². The Kier molecular flexibility index (Phi) is 8.20. The molecule has 1 aliphatic heterocycles. The second kappa shape index (κ2) is 10.1. The first kappa shape index (κ1) is 21.0.